The first-order chi connectivity index (χ1) is 12.0. The molecule has 25 heavy (non-hydrogen) atoms. The van der Waals surface area contributed by atoms with Crippen LogP contribution in [-0.4, -0.2) is 21.7 Å². The Bertz CT molecular complexity index is 902. The molecule has 0 saturated carbocycles. The van der Waals surface area contributed by atoms with Crippen molar-refractivity contribution in [2.45, 2.75) is 13.8 Å². The van der Waals surface area contributed by atoms with Gasteiger partial charge in [-0.2, -0.15) is 0 Å². The summed E-state index contributed by atoms with van der Waals surface area (Å²) < 4.78 is 0. The summed E-state index contributed by atoms with van der Waals surface area (Å²) in [4.78, 5) is 34.1. The number of aromatic nitrogens is 2. The number of carbonyl (C=O) groups excluding carboxylic acids is 2. The van der Waals surface area contributed by atoms with Gasteiger partial charge in [-0.1, -0.05) is 24.3 Å². The van der Waals surface area contributed by atoms with E-state index >= 15 is 0 Å². The molecule has 2 aromatic heterocycles. The number of amides is 1. The Morgan fingerprint density at radius 2 is 1.64 bits per heavy atom. The van der Waals surface area contributed by atoms with E-state index in [1.165, 1.54) is 11.3 Å². The number of benzene rings is 1. The number of nitrogens with one attached hydrogen (secondary N) is 2. The summed E-state index contributed by atoms with van der Waals surface area (Å²) in [5, 5.41) is 1.83. The monoisotopic (exact) mass is 352 g/mol. The molecule has 126 valence electrons. The molecule has 0 aliphatic heterocycles. The van der Waals surface area contributed by atoms with Crippen LogP contribution in [0.5, 0.6) is 0 Å². The van der Waals surface area contributed by atoms with E-state index in [2.05, 4.69) is 20.8 Å². The lowest BCUT2D eigenvalue weighted by molar-refractivity contribution is 0.0950. The fraction of sp³-hybridized carbons (Fsp3) is 0.111. The van der Waals surface area contributed by atoms with Crippen LogP contribution in [0.3, 0.4) is 0 Å². The van der Waals surface area contributed by atoms with E-state index in [9.17, 15) is 9.59 Å². The molecule has 0 aliphatic rings. The van der Waals surface area contributed by atoms with Gasteiger partial charge >= 0.3 is 0 Å². The average Bonchev–Trinajstić information content (AvgIpc) is 3.13. The van der Waals surface area contributed by atoms with Crippen molar-refractivity contribution in [3.05, 3.63) is 75.2 Å². The van der Waals surface area contributed by atoms with Crippen LogP contribution in [0, 0.1) is 13.8 Å². The molecular weight excluding hydrogens is 336 g/mol. The summed E-state index contributed by atoms with van der Waals surface area (Å²) in [5.74, 6) is -0.306. The van der Waals surface area contributed by atoms with E-state index in [-0.39, 0.29) is 11.3 Å². The maximum atomic E-state index is 12.6. The number of carbonyl (C=O) groups is 2. The van der Waals surface area contributed by atoms with Gasteiger partial charge in [0.2, 0.25) is 11.7 Å². The highest BCUT2D eigenvalue weighted by atomic mass is 32.1. The molecule has 0 saturated heterocycles. The number of rotatable bonds is 5. The van der Waals surface area contributed by atoms with Crippen molar-refractivity contribution in [3.8, 4) is 0 Å². The second kappa shape index (κ2) is 7.23. The number of thiophene rings is 1. The molecule has 0 fully saturated rings. The Kier molecular flexibility index (Phi) is 4.85. The third kappa shape index (κ3) is 3.89. The standard InChI is InChI=1S/C18H16N4O2S/c1-11-10-12(2)20-18(19-11)22-21-17(24)14-7-4-3-6-13(14)16(23)15-8-5-9-25-15/h3-10H,1-2H3,(H,21,24)(H,19,20,22). The lowest BCUT2D eigenvalue weighted by Crippen LogP contribution is -2.31. The number of nitrogens with zero attached hydrogens (tertiary/aromatic N) is 2. The van der Waals surface area contributed by atoms with Crippen LogP contribution in [0.25, 0.3) is 0 Å². The van der Waals surface area contributed by atoms with E-state index in [1.807, 2.05) is 25.3 Å². The Balaban J connectivity index is 1.79. The minimum atomic E-state index is -0.428. The number of hydrogen-bond donors (Lipinski definition) is 2. The summed E-state index contributed by atoms with van der Waals surface area (Å²) >= 11 is 1.34. The van der Waals surface area contributed by atoms with Crippen molar-refractivity contribution in [2.24, 2.45) is 0 Å². The van der Waals surface area contributed by atoms with Crippen LogP contribution in [0.2, 0.25) is 0 Å². The van der Waals surface area contributed by atoms with Gasteiger partial charge in [-0.25, -0.2) is 9.97 Å². The largest absolute Gasteiger partial charge is 0.288 e. The van der Waals surface area contributed by atoms with Crippen molar-refractivity contribution in [1.29, 1.82) is 0 Å². The SMILES string of the molecule is Cc1cc(C)nc(NNC(=O)c2ccccc2C(=O)c2cccs2)n1. The Morgan fingerprint density at radius 1 is 0.960 bits per heavy atom. The minimum Gasteiger partial charge on any atom is -0.288 e. The van der Waals surface area contributed by atoms with Gasteiger partial charge in [-0.3, -0.25) is 20.4 Å². The summed E-state index contributed by atoms with van der Waals surface area (Å²) in [7, 11) is 0. The highest BCUT2D eigenvalue weighted by molar-refractivity contribution is 7.12. The maximum absolute atomic E-state index is 12.6. The van der Waals surface area contributed by atoms with E-state index in [1.54, 1.807) is 36.4 Å². The summed E-state index contributed by atoms with van der Waals surface area (Å²) in [6, 6.07) is 12.1. The normalized spacial score (nSPS) is 10.3. The smallest absolute Gasteiger partial charge is 0.270 e. The number of ketones is 1. The van der Waals surface area contributed by atoms with Crippen LogP contribution in [-0.2, 0) is 0 Å². The van der Waals surface area contributed by atoms with Crippen molar-refractivity contribution in [2.75, 3.05) is 5.43 Å². The lowest BCUT2D eigenvalue weighted by atomic mass is 10.0. The van der Waals surface area contributed by atoms with Crippen LogP contribution in [0.15, 0.2) is 47.8 Å². The van der Waals surface area contributed by atoms with E-state index in [0.29, 0.717) is 16.4 Å². The molecular formula is C18H16N4O2S. The van der Waals surface area contributed by atoms with Gasteiger partial charge in [0.15, 0.2) is 0 Å². The molecule has 2 N–H and O–H groups in total. The van der Waals surface area contributed by atoms with Gasteiger partial charge < -0.3 is 0 Å². The Morgan fingerprint density at radius 3 is 2.28 bits per heavy atom. The summed E-state index contributed by atoms with van der Waals surface area (Å²) in [6.45, 7) is 3.69. The number of aryl methyl sites for hydroxylation is 2. The first-order valence-electron chi connectivity index (χ1n) is 7.60. The highest BCUT2D eigenvalue weighted by Gasteiger charge is 2.18. The quantitative estimate of drug-likeness (QED) is 0.544. The van der Waals surface area contributed by atoms with Gasteiger partial charge in [0, 0.05) is 17.0 Å². The third-order valence-electron chi connectivity index (χ3n) is 3.43. The Labute approximate surface area is 148 Å². The van der Waals surface area contributed by atoms with E-state index in [0.717, 1.165) is 11.4 Å². The Hall–Kier alpha value is -3.06. The molecule has 3 rings (SSSR count). The van der Waals surface area contributed by atoms with Gasteiger partial charge in [0.25, 0.3) is 5.91 Å². The minimum absolute atomic E-state index is 0.177. The molecule has 1 aromatic carbocycles. The zero-order chi connectivity index (χ0) is 17.8. The molecule has 0 radical (unpaired) electrons. The number of hydrogen-bond acceptors (Lipinski definition) is 6. The molecule has 3 aromatic rings. The van der Waals surface area contributed by atoms with Gasteiger partial charge in [0.05, 0.1) is 10.4 Å². The zero-order valence-electron chi connectivity index (χ0n) is 13.7. The molecule has 1 amide bonds. The van der Waals surface area contributed by atoms with Crippen molar-refractivity contribution in [1.82, 2.24) is 15.4 Å². The van der Waals surface area contributed by atoms with Crippen LogP contribution < -0.4 is 10.9 Å². The first kappa shape index (κ1) is 16.8. The van der Waals surface area contributed by atoms with Crippen molar-refractivity contribution in [3.63, 3.8) is 0 Å². The van der Waals surface area contributed by atoms with Gasteiger partial charge in [-0.05, 0) is 37.4 Å². The topological polar surface area (TPSA) is 84.0 Å². The maximum Gasteiger partial charge on any atom is 0.270 e. The molecule has 0 bridgehead atoms. The van der Waals surface area contributed by atoms with Crippen molar-refractivity contribution >= 4 is 29.0 Å². The fourth-order valence-electron chi connectivity index (χ4n) is 2.38. The van der Waals surface area contributed by atoms with Crippen LogP contribution in [0.1, 0.15) is 37.0 Å². The molecule has 0 spiro atoms. The number of hydrazine groups is 1. The number of anilines is 1. The average molecular weight is 352 g/mol. The first-order valence-corrected chi connectivity index (χ1v) is 8.48. The second-order valence-corrected chi connectivity index (χ2v) is 6.35. The highest BCUT2D eigenvalue weighted by Crippen LogP contribution is 2.18. The van der Waals surface area contributed by atoms with E-state index in [4.69, 9.17) is 0 Å². The predicted octanol–water partition coefficient (Wildman–Crippen LogP) is 3.14. The second-order valence-electron chi connectivity index (χ2n) is 5.41. The van der Waals surface area contributed by atoms with Gasteiger partial charge in [0.1, 0.15) is 0 Å². The summed E-state index contributed by atoms with van der Waals surface area (Å²) in [5.41, 5.74) is 7.46. The van der Waals surface area contributed by atoms with E-state index < -0.39 is 5.91 Å². The molecule has 0 unspecified atom stereocenters. The molecule has 0 aliphatic carbocycles. The molecule has 6 nitrogen and oxygen atoms in total. The molecule has 0 atom stereocenters. The zero-order valence-corrected chi connectivity index (χ0v) is 14.6. The van der Waals surface area contributed by atoms with Gasteiger partial charge in [-0.15, -0.1) is 11.3 Å². The fourth-order valence-corrected chi connectivity index (χ4v) is 3.06. The van der Waals surface area contributed by atoms with Crippen molar-refractivity contribution < 1.29 is 9.59 Å². The molecule has 2 heterocycles. The lowest BCUT2D eigenvalue weighted by Gasteiger charge is -2.10. The molecule has 7 heteroatoms. The van der Waals surface area contributed by atoms with Crippen LogP contribution in [0.4, 0.5) is 5.95 Å². The summed E-state index contributed by atoms with van der Waals surface area (Å²) in [6.07, 6.45) is 0. The predicted molar refractivity (Wildman–Crippen MR) is 96.8 cm³/mol. The third-order valence-corrected chi connectivity index (χ3v) is 4.30. The van der Waals surface area contributed by atoms with Crippen LogP contribution >= 0.6 is 11.3 Å².